The normalized spacial score (nSPS) is 21.5. The highest BCUT2D eigenvalue weighted by Crippen LogP contribution is 2.39. The van der Waals surface area contributed by atoms with Crippen molar-refractivity contribution in [1.82, 2.24) is 43.0 Å². The van der Waals surface area contributed by atoms with Gasteiger partial charge in [0.25, 0.3) is 17.7 Å². The fourth-order valence-electron chi connectivity index (χ4n) is 12.3. The van der Waals surface area contributed by atoms with Crippen LogP contribution in [0.2, 0.25) is 0 Å². The molecule has 0 radical (unpaired) electrons. The Balaban J connectivity index is 0.000000184. The summed E-state index contributed by atoms with van der Waals surface area (Å²) in [4.78, 5) is 78.0. The molecule has 8 atom stereocenters. The minimum Gasteiger partial charge on any atom is -1.00 e. The van der Waals surface area contributed by atoms with Gasteiger partial charge in [0.15, 0.2) is 86.7 Å². The van der Waals surface area contributed by atoms with Gasteiger partial charge in [-0.05, 0) is 34.6 Å². The van der Waals surface area contributed by atoms with E-state index in [1.165, 1.54) is 70.9 Å². The van der Waals surface area contributed by atoms with Gasteiger partial charge in [-0.3, -0.25) is 24.0 Å². The summed E-state index contributed by atoms with van der Waals surface area (Å²) >= 11 is 0. The molecule has 43 heteroatoms. The van der Waals surface area contributed by atoms with Crippen LogP contribution in [0.25, 0.3) is 0 Å². The lowest BCUT2D eigenvalue weighted by molar-refractivity contribution is -0.638. The number of likely N-dealkylation sites (tertiary alicyclic amines) is 2. The van der Waals surface area contributed by atoms with Crippen LogP contribution >= 0.6 is 0 Å². The van der Waals surface area contributed by atoms with Crippen molar-refractivity contribution in [2.45, 2.75) is 85.1 Å². The number of nitrogens with zero attached hydrogens (tertiary/aromatic N) is 5. The number of halogens is 10. The second-order valence-electron chi connectivity index (χ2n) is 26.3. The molecule has 6 aliphatic rings. The zero-order chi connectivity index (χ0) is 76.3. The van der Waals surface area contributed by atoms with Gasteiger partial charge in [-0.2, -0.15) is 0 Å². The van der Waals surface area contributed by atoms with Gasteiger partial charge in [0.2, 0.25) is 41.9 Å². The number of alkyl carbamates (subject to hydrolysis) is 1. The molecule has 105 heavy (non-hydrogen) atoms. The molecule has 0 spiro atoms. The van der Waals surface area contributed by atoms with Gasteiger partial charge in [0.1, 0.15) is 26.3 Å². The van der Waals surface area contributed by atoms with E-state index < -0.39 is 159 Å². The van der Waals surface area contributed by atoms with Gasteiger partial charge in [-0.1, -0.05) is 0 Å². The van der Waals surface area contributed by atoms with Crippen molar-refractivity contribution in [3.8, 4) is 17.2 Å². The summed E-state index contributed by atoms with van der Waals surface area (Å²) in [6.45, 7) is 9.79. The number of hydrogen-bond donors (Lipinski definition) is 9. The predicted octanol–water partition coefficient (Wildman–Crippen LogP) is -0.424. The van der Waals surface area contributed by atoms with Crippen LogP contribution in [0.3, 0.4) is 0 Å². The Bertz CT molecular complexity index is 4760. The molecule has 6 amide bonds. The Morgan fingerprint density at radius 1 is 0.514 bits per heavy atom. The Kier molecular flexibility index (Phi) is 23.4. The SMILES string of the molecule is C[C@H](N)C(=O)N1CC2COc3c(cn(C)c3C(=O)Nc3cc(F)c(F)c(F)c3)S(=O)(=O)NC2C1.C[C@H](NC(=O)OC(C)(C)C)C(=O)N1CC2COc3c(cn(C)c3C(=O)Nc3cc(F)c(F)c(F)c3)S(=O)(=O)NC2C1.Cn1cc2c(c1C(=O)Nc1cc(F)c(F)c(F)c1)OCC1C[NH2+]CC1NS2(=O)=O.[Cl-]. The second kappa shape index (κ2) is 30.7. The minimum atomic E-state index is -4.26. The average molecular weight is 1570 g/mol. The lowest BCUT2D eigenvalue weighted by Gasteiger charge is -2.24. The summed E-state index contributed by atoms with van der Waals surface area (Å²) in [5, 5.41) is 11.1. The number of benzene rings is 3. The lowest BCUT2D eigenvalue weighted by atomic mass is 10.1. The first-order valence-electron chi connectivity index (χ1n) is 31.6. The molecule has 3 saturated heterocycles. The van der Waals surface area contributed by atoms with Crippen LogP contribution in [0, 0.1) is 70.1 Å². The number of sulfonamides is 3. The first kappa shape index (κ1) is 79.9. The zero-order valence-corrected chi connectivity index (χ0v) is 59.8. The maximum absolute atomic E-state index is 13.6. The predicted molar refractivity (Wildman–Crippen MR) is 346 cm³/mol. The lowest BCUT2D eigenvalue weighted by Crippen LogP contribution is -3.00. The molecule has 3 aromatic carbocycles. The molecule has 0 aliphatic carbocycles. The molecule has 572 valence electrons. The van der Waals surface area contributed by atoms with Crippen molar-refractivity contribution in [1.29, 1.82) is 0 Å². The van der Waals surface area contributed by atoms with Crippen LogP contribution < -0.4 is 73.1 Å². The number of ether oxygens (including phenoxy) is 4. The summed E-state index contributed by atoms with van der Waals surface area (Å²) in [7, 11) is -8.16. The number of carbonyl (C=O) groups is 6. The Labute approximate surface area is 599 Å². The van der Waals surface area contributed by atoms with Gasteiger partial charge in [0.05, 0.1) is 50.9 Å². The third kappa shape index (κ3) is 17.2. The molecule has 3 aromatic heterocycles. The summed E-state index contributed by atoms with van der Waals surface area (Å²) in [6, 6.07) is 0.254. The molecule has 12 rings (SSSR count). The van der Waals surface area contributed by atoms with E-state index in [4.69, 9.17) is 24.7 Å². The number of carbonyl (C=O) groups excluding carboxylic acids is 6. The highest BCUT2D eigenvalue weighted by Gasteiger charge is 2.46. The molecule has 9 heterocycles. The zero-order valence-electron chi connectivity index (χ0n) is 56.6. The maximum atomic E-state index is 13.6. The fraction of sp³-hybridized carbons (Fsp3) is 0.419. The first-order chi connectivity index (χ1) is 48.5. The maximum Gasteiger partial charge on any atom is 0.408 e. The van der Waals surface area contributed by atoms with Crippen molar-refractivity contribution in [3.05, 3.63) is 124 Å². The van der Waals surface area contributed by atoms with Crippen LogP contribution in [0.4, 0.5) is 61.4 Å². The molecule has 6 aromatic rings. The molecular weight excluding hydrogens is 1500 g/mol. The quantitative estimate of drug-likeness (QED) is 0.0655. The van der Waals surface area contributed by atoms with E-state index in [2.05, 4.69) is 35.4 Å². The molecule has 0 bridgehead atoms. The van der Waals surface area contributed by atoms with E-state index in [-0.39, 0.29) is 137 Å². The number of hydrogen-bond acceptors (Lipinski definition) is 17. The number of nitrogens with one attached hydrogen (secondary N) is 7. The highest BCUT2D eigenvalue weighted by atomic mass is 35.5. The van der Waals surface area contributed by atoms with Crippen molar-refractivity contribution in [2.24, 2.45) is 44.6 Å². The van der Waals surface area contributed by atoms with Crippen LogP contribution in [-0.4, -0.2) is 179 Å². The van der Waals surface area contributed by atoms with Gasteiger partial charge in [0, 0.05) is 143 Å². The number of fused-ring (bicyclic) bond motifs is 6. The molecule has 6 unspecified atom stereocenters. The number of quaternary nitrogens is 1. The van der Waals surface area contributed by atoms with Crippen molar-refractivity contribution in [2.75, 3.05) is 75.0 Å². The van der Waals surface area contributed by atoms with Crippen LogP contribution in [-0.2, 0) is 65.5 Å². The second-order valence-corrected chi connectivity index (χ2v) is 31.3. The molecule has 11 N–H and O–H groups in total. The fourth-order valence-corrected chi connectivity index (χ4v) is 16.8. The van der Waals surface area contributed by atoms with Gasteiger partial charge < -0.3 is 87.2 Å². The number of aryl methyl sites for hydroxylation is 3. The van der Waals surface area contributed by atoms with Gasteiger partial charge >= 0.3 is 6.09 Å². The first-order valence-corrected chi connectivity index (χ1v) is 36.0. The number of anilines is 3. The van der Waals surface area contributed by atoms with Crippen molar-refractivity contribution in [3.63, 3.8) is 0 Å². The van der Waals surface area contributed by atoms with E-state index in [9.17, 15) is 93.5 Å². The molecule has 3 fully saturated rings. The number of aromatic nitrogens is 3. The minimum absolute atomic E-state index is 0. The van der Waals surface area contributed by atoms with Crippen LogP contribution in [0.5, 0.6) is 17.2 Å². The van der Waals surface area contributed by atoms with Crippen LogP contribution in [0.1, 0.15) is 66.1 Å². The summed E-state index contributed by atoms with van der Waals surface area (Å²) in [6.07, 6.45) is 2.76. The molecule has 30 nitrogen and oxygen atoms in total. The standard InChI is InChI=1S/C25H30F3N5O7S.C20H22F3N5O5S.C17H17F3N4O4S.ClH/c1-12(29-24(36)40-25(2,3)4)23(35)33-8-13-11-39-21-18(41(37,38)31-17(13)9-33)10-32(5)20(21)22(34)30-14-6-15(26)19(28)16(27)7-14;1-9(24)20(30)28-5-10-8-33-18-15(34(31,32)26-14(10)6-28)7-27(2)17(18)19(29)25-11-3-12(21)16(23)13(22)4-11;1-24-6-13-16(28-7-8-4-21-5-12(8)23-29(13,26)27)15(24)17(25)22-9-2-10(18)14(20)11(19)3-9;/h6-7,10,12-13,17,31H,8-9,11H2,1-5H3,(H,29,36)(H,30,34);3-4,7,9-10,14,26H,5-6,8,24H2,1-2H3,(H,25,29);2-3,6,8,12,21,23H,4-5,7H2,1H3,(H,22,25);1H/t12-,13?,17?;9-,10?,14?;;/m00../s1. The Morgan fingerprint density at radius 3 is 1.15 bits per heavy atom. The van der Waals surface area contributed by atoms with E-state index in [0.29, 0.717) is 49.5 Å². The van der Waals surface area contributed by atoms with Crippen molar-refractivity contribution >= 4 is 82.8 Å². The van der Waals surface area contributed by atoms with Crippen LogP contribution in [0.15, 0.2) is 69.7 Å². The Hall–Kier alpha value is -9.17. The average Bonchev–Trinajstić information content (AvgIpc) is 1.62. The van der Waals surface area contributed by atoms with Crippen molar-refractivity contribution < 1.29 is 130 Å². The van der Waals surface area contributed by atoms with E-state index in [0.717, 1.165) is 6.20 Å². The third-order valence-corrected chi connectivity index (χ3v) is 21.7. The molecule has 6 aliphatic heterocycles. The van der Waals surface area contributed by atoms with E-state index in [1.54, 1.807) is 20.8 Å². The summed E-state index contributed by atoms with van der Waals surface area (Å²) < 4.78 is 233. The largest absolute Gasteiger partial charge is 1.00 e. The molecule has 0 saturated carbocycles. The van der Waals surface area contributed by atoms with E-state index >= 15 is 0 Å². The van der Waals surface area contributed by atoms with Gasteiger partial charge in [-0.15, -0.1) is 0 Å². The van der Waals surface area contributed by atoms with Gasteiger partial charge in [-0.25, -0.2) is 83.7 Å². The van der Waals surface area contributed by atoms with E-state index in [1.807, 2.05) is 5.32 Å². The third-order valence-electron chi connectivity index (χ3n) is 17.2. The topological polar surface area (TPSA) is 390 Å². The smallest absolute Gasteiger partial charge is 0.408 e. The number of nitrogens with two attached hydrogens (primary N) is 2. The number of rotatable bonds is 9. The summed E-state index contributed by atoms with van der Waals surface area (Å²) in [5.74, 6) is -19.3. The molecular formula is C62H70ClF9N14O16S3. The Morgan fingerprint density at radius 2 is 0.829 bits per heavy atom. The summed E-state index contributed by atoms with van der Waals surface area (Å²) in [5.41, 5.74) is 3.16. The number of amides is 6. The highest BCUT2D eigenvalue weighted by molar-refractivity contribution is 7.90. The monoisotopic (exact) mass is 1570 g/mol.